The SMILES string of the molecule is O=C(Nc1ccc(-c2cnc[nH]2)cc1)c1nnc(Cl)s1. The Balaban J connectivity index is 1.74. The molecule has 2 aromatic heterocycles. The minimum absolute atomic E-state index is 0.229. The molecule has 20 heavy (non-hydrogen) atoms. The van der Waals surface area contributed by atoms with Crippen molar-refractivity contribution in [3.05, 3.63) is 46.3 Å². The van der Waals surface area contributed by atoms with E-state index in [1.54, 1.807) is 24.7 Å². The second-order valence-electron chi connectivity index (χ2n) is 3.86. The van der Waals surface area contributed by atoms with Crippen molar-refractivity contribution in [2.45, 2.75) is 0 Å². The molecule has 0 spiro atoms. The molecule has 0 fully saturated rings. The molecule has 0 saturated heterocycles. The third-order valence-electron chi connectivity index (χ3n) is 2.55. The number of anilines is 1. The molecule has 0 radical (unpaired) electrons. The van der Waals surface area contributed by atoms with E-state index >= 15 is 0 Å². The summed E-state index contributed by atoms with van der Waals surface area (Å²) in [5, 5.41) is 10.2. The number of carbonyl (C=O) groups excluding carboxylic acids is 1. The maximum Gasteiger partial charge on any atom is 0.286 e. The largest absolute Gasteiger partial charge is 0.345 e. The molecule has 0 aliphatic heterocycles. The third kappa shape index (κ3) is 2.68. The standard InChI is InChI=1S/C12H8ClN5OS/c13-12-18-17-11(20-12)10(19)16-8-3-1-7(2-4-8)9-5-14-6-15-9/h1-6H,(H,14,15)(H,16,19). The first-order valence-electron chi connectivity index (χ1n) is 5.61. The van der Waals surface area contributed by atoms with Gasteiger partial charge < -0.3 is 10.3 Å². The van der Waals surface area contributed by atoms with Gasteiger partial charge in [0.05, 0.1) is 18.2 Å². The van der Waals surface area contributed by atoms with Crippen LogP contribution in [0.3, 0.4) is 0 Å². The first kappa shape index (κ1) is 12.8. The molecule has 0 unspecified atom stereocenters. The molecule has 2 heterocycles. The Morgan fingerprint density at radius 3 is 2.65 bits per heavy atom. The van der Waals surface area contributed by atoms with Crippen LogP contribution in [-0.2, 0) is 0 Å². The van der Waals surface area contributed by atoms with Gasteiger partial charge in [0.25, 0.3) is 5.91 Å². The Hall–Kier alpha value is -2.25. The molecule has 0 aliphatic rings. The number of halogens is 1. The van der Waals surface area contributed by atoms with Crippen LogP contribution in [0.5, 0.6) is 0 Å². The molecule has 100 valence electrons. The summed E-state index contributed by atoms with van der Waals surface area (Å²) in [6, 6.07) is 7.37. The highest BCUT2D eigenvalue weighted by atomic mass is 35.5. The zero-order chi connectivity index (χ0) is 13.9. The summed E-state index contributed by atoms with van der Waals surface area (Å²) in [5.74, 6) is -0.330. The van der Waals surface area contributed by atoms with Crippen LogP contribution in [-0.4, -0.2) is 26.1 Å². The average Bonchev–Trinajstić information content (AvgIpc) is 3.10. The number of imidazole rings is 1. The van der Waals surface area contributed by atoms with Gasteiger partial charge in [0.15, 0.2) is 0 Å². The van der Waals surface area contributed by atoms with Crippen molar-refractivity contribution in [3.63, 3.8) is 0 Å². The normalized spacial score (nSPS) is 10.4. The van der Waals surface area contributed by atoms with E-state index in [-0.39, 0.29) is 15.4 Å². The van der Waals surface area contributed by atoms with Crippen molar-refractivity contribution in [2.75, 3.05) is 5.32 Å². The van der Waals surface area contributed by atoms with Gasteiger partial charge in [-0.25, -0.2) is 4.98 Å². The summed E-state index contributed by atoms with van der Waals surface area (Å²) < 4.78 is 0.241. The number of carbonyl (C=O) groups is 1. The zero-order valence-corrected chi connectivity index (χ0v) is 11.6. The number of aromatic amines is 1. The van der Waals surface area contributed by atoms with Crippen LogP contribution < -0.4 is 5.32 Å². The number of nitrogens with zero attached hydrogens (tertiary/aromatic N) is 3. The van der Waals surface area contributed by atoms with E-state index in [2.05, 4.69) is 25.5 Å². The van der Waals surface area contributed by atoms with Crippen molar-refractivity contribution >= 4 is 34.5 Å². The molecule has 0 bridgehead atoms. The van der Waals surface area contributed by atoms with Crippen molar-refractivity contribution in [3.8, 4) is 11.3 Å². The molecule has 0 saturated carbocycles. The summed E-state index contributed by atoms with van der Waals surface area (Å²) in [5.41, 5.74) is 2.57. The van der Waals surface area contributed by atoms with E-state index in [4.69, 9.17) is 11.6 Å². The minimum Gasteiger partial charge on any atom is -0.345 e. The molecule has 2 N–H and O–H groups in total. The first-order chi connectivity index (χ1) is 9.72. The van der Waals surface area contributed by atoms with Crippen LogP contribution >= 0.6 is 22.9 Å². The predicted octanol–water partition coefficient (Wildman–Crippen LogP) is 2.83. The lowest BCUT2D eigenvalue weighted by atomic mass is 10.1. The van der Waals surface area contributed by atoms with Gasteiger partial charge in [-0.2, -0.15) is 0 Å². The Labute approximate surface area is 122 Å². The molecule has 8 heteroatoms. The van der Waals surface area contributed by atoms with Gasteiger partial charge in [0, 0.05) is 5.69 Å². The van der Waals surface area contributed by atoms with Gasteiger partial charge in [-0.1, -0.05) is 23.5 Å². The molecular weight excluding hydrogens is 298 g/mol. The molecule has 0 atom stereocenters. The highest BCUT2D eigenvalue weighted by molar-refractivity contribution is 7.17. The average molecular weight is 306 g/mol. The fraction of sp³-hybridized carbons (Fsp3) is 0. The van der Waals surface area contributed by atoms with E-state index in [1.165, 1.54) is 0 Å². The van der Waals surface area contributed by atoms with Crippen molar-refractivity contribution < 1.29 is 4.79 Å². The fourth-order valence-electron chi connectivity index (χ4n) is 1.63. The van der Waals surface area contributed by atoms with Gasteiger partial charge in [-0.3, -0.25) is 4.79 Å². The van der Waals surface area contributed by atoms with Crippen LogP contribution in [0.1, 0.15) is 9.80 Å². The number of hydrogen-bond donors (Lipinski definition) is 2. The minimum atomic E-state index is -0.330. The number of H-pyrrole nitrogens is 1. The monoisotopic (exact) mass is 305 g/mol. The summed E-state index contributed by atoms with van der Waals surface area (Å²) in [4.78, 5) is 18.8. The predicted molar refractivity (Wildman–Crippen MR) is 76.9 cm³/mol. The Kier molecular flexibility index (Phi) is 3.44. The summed E-state index contributed by atoms with van der Waals surface area (Å²) >= 11 is 6.67. The summed E-state index contributed by atoms with van der Waals surface area (Å²) in [6.07, 6.45) is 3.35. The number of benzene rings is 1. The molecule has 1 amide bonds. The number of rotatable bonds is 3. The number of amides is 1. The van der Waals surface area contributed by atoms with E-state index in [9.17, 15) is 4.79 Å². The van der Waals surface area contributed by atoms with E-state index < -0.39 is 0 Å². The summed E-state index contributed by atoms with van der Waals surface area (Å²) in [7, 11) is 0. The molecule has 3 rings (SSSR count). The molecule has 1 aromatic carbocycles. The van der Waals surface area contributed by atoms with Gasteiger partial charge in [-0.15, -0.1) is 10.2 Å². The lowest BCUT2D eigenvalue weighted by Crippen LogP contribution is -2.11. The van der Waals surface area contributed by atoms with Crippen LogP contribution in [0.2, 0.25) is 4.47 Å². The third-order valence-corrected chi connectivity index (χ3v) is 3.56. The highest BCUT2D eigenvalue weighted by Gasteiger charge is 2.12. The second kappa shape index (κ2) is 5.40. The highest BCUT2D eigenvalue weighted by Crippen LogP contribution is 2.20. The van der Waals surface area contributed by atoms with E-state index in [0.29, 0.717) is 5.69 Å². The van der Waals surface area contributed by atoms with Gasteiger partial charge in [0.1, 0.15) is 0 Å². The van der Waals surface area contributed by atoms with Crippen molar-refractivity contribution in [1.29, 1.82) is 0 Å². The first-order valence-corrected chi connectivity index (χ1v) is 6.81. The Bertz CT molecular complexity index is 723. The maximum atomic E-state index is 11.9. The molecule has 3 aromatic rings. The van der Waals surface area contributed by atoms with Gasteiger partial charge in [-0.05, 0) is 29.3 Å². The lowest BCUT2D eigenvalue weighted by molar-refractivity contribution is 0.102. The van der Waals surface area contributed by atoms with E-state index in [0.717, 1.165) is 22.6 Å². The second-order valence-corrected chi connectivity index (χ2v) is 5.42. The molecule has 6 nitrogen and oxygen atoms in total. The van der Waals surface area contributed by atoms with Crippen LogP contribution in [0.4, 0.5) is 5.69 Å². The topological polar surface area (TPSA) is 83.6 Å². The molecular formula is C12H8ClN5OS. The lowest BCUT2D eigenvalue weighted by Gasteiger charge is -2.03. The fourth-order valence-corrected chi connectivity index (χ4v) is 2.35. The maximum absolute atomic E-state index is 11.9. The summed E-state index contributed by atoms with van der Waals surface area (Å²) in [6.45, 7) is 0. The quantitative estimate of drug-likeness (QED) is 0.779. The van der Waals surface area contributed by atoms with Crippen LogP contribution in [0, 0.1) is 0 Å². The van der Waals surface area contributed by atoms with Crippen LogP contribution in [0.25, 0.3) is 11.3 Å². The number of hydrogen-bond acceptors (Lipinski definition) is 5. The van der Waals surface area contributed by atoms with Crippen LogP contribution in [0.15, 0.2) is 36.8 Å². The van der Waals surface area contributed by atoms with Crippen molar-refractivity contribution in [2.24, 2.45) is 0 Å². The van der Waals surface area contributed by atoms with E-state index in [1.807, 2.05) is 12.1 Å². The number of nitrogens with one attached hydrogen (secondary N) is 2. The zero-order valence-electron chi connectivity index (χ0n) is 10.0. The van der Waals surface area contributed by atoms with Crippen molar-refractivity contribution in [1.82, 2.24) is 20.2 Å². The Morgan fingerprint density at radius 2 is 2.05 bits per heavy atom. The van der Waals surface area contributed by atoms with Gasteiger partial charge in [0.2, 0.25) is 9.47 Å². The number of aromatic nitrogens is 4. The molecule has 0 aliphatic carbocycles. The van der Waals surface area contributed by atoms with Gasteiger partial charge >= 0.3 is 0 Å². The smallest absolute Gasteiger partial charge is 0.286 e. The Morgan fingerprint density at radius 1 is 1.25 bits per heavy atom.